The standard InChI is InChI=1S/C24H24N2O/c1-16-6-5-7-18(14-16)10-13-24-25-22-12-11-19(15-23(22)26-24)21-9-4-3-8-20(21)17(2)27/h3-9,11-12,14-15,17,27H,10,13H2,1-2H3,(H,25,26). The van der Waals surface area contributed by atoms with E-state index in [0.29, 0.717) is 0 Å². The van der Waals surface area contributed by atoms with Gasteiger partial charge in [0.25, 0.3) is 0 Å². The van der Waals surface area contributed by atoms with Crippen LogP contribution in [0.4, 0.5) is 0 Å². The average molecular weight is 356 g/mol. The molecular weight excluding hydrogens is 332 g/mol. The largest absolute Gasteiger partial charge is 0.389 e. The highest BCUT2D eigenvalue weighted by atomic mass is 16.3. The highest BCUT2D eigenvalue weighted by Crippen LogP contribution is 2.30. The van der Waals surface area contributed by atoms with Gasteiger partial charge in [0.15, 0.2) is 0 Å². The van der Waals surface area contributed by atoms with Crippen LogP contribution in [0.2, 0.25) is 0 Å². The zero-order valence-electron chi connectivity index (χ0n) is 15.7. The molecule has 0 saturated carbocycles. The molecule has 1 unspecified atom stereocenters. The van der Waals surface area contributed by atoms with Gasteiger partial charge in [0.2, 0.25) is 0 Å². The Balaban J connectivity index is 1.61. The average Bonchev–Trinajstić information content (AvgIpc) is 3.08. The molecule has 0 bridgehead atoms. The second-order valence-electron chi connectivity index (χ2n) is 7.17. The van der Waals surface area contributed by atoms with Gasteiger partial charge in [0, 0.05) is 6.42 Å². The predicted molar refractivity (Wildman–Crippen MR) is 111 cm³/mol. The summed E-state index contributed by atoms with van der Waals surface area (Å²) < 4.78 is 0. The van der Waals surface area contributed by atoms with Crippen LogP contribution in [-0.4, -0.2) is 15.1 Å². The fraction of sp³-hybridized carbons (Fsp3) is 0.208. The molecule has 136 valence electrons. The van der Waals surface area contributed by atoms with Crippen LogP contribution in [0.15, 0.2) is 66.7 Å². The number of benzene rings is 3. The first-order chi connectivity index (χ1) is 13.1. The highest BCUT2D eigenvalue weighted by molar-refractivity contribution is 5.83. The zero-order chi connectivity index (χ0) is 18.8. The molecule has 3 nitrogen and oxygen atoms in total. The van der Waals surface area contributed by atoms with Crippen molar-refractivity contribution in [3.63, 3.8) is 0 Å². The molecule has 4 rings (SSSR count). The normalized spacial score (nSPS) is 12.4. The minimum absolute atomic E-state index is 0.497. The summed E-state index contributed by atoms with van der Waals surface area (Å²) in [6.07, 6.45) is 1.36. The Hall–Kier alpha value is -2.91. The number of aromatic nitrogens is 2. The van der Waals surface area contributed by atoms with Gasteiger partial charge in [0.1, 0.15) is 5.82 Å². The summed E-state index contributed by atoms with van der Waals surface area (Å²) in [7, 11) is 0. The van der Waals surface area contributed by atoms with Crippen LogP contribution in [0, 0.1) is 6.92 Å². The van der Waals surface area contributed by atoms with Crippen molar-refractivity contribution in [1.82, 2.24) is 9.97 Å². The van der Waals surface area contributed by atoms with Gasteiger partial charge < -0.3 is 10.1 Å². The van der Waals surface area contributed by atoms with Crippen LogP contribution in [0.1, 0.15) is 35.5 Å². The maximum atomic E-state index is 10.1. The van der Waals surface area contributed by atoms with E-state index in [-0.39, 0.29) is 0 Å². The number of nitrogens with one attached hydrogen (secondary N) is 1. The molecule has 1 aromatic heterocycles. The molecule has 0 amide bonds. The number of hydrogen-bond donors (Lipinski definition) is 2. The number of H-pyrrole nitrogens is 1. The molecule has 2 N–H and O–H groups in total. The quantitative estimate of drug-likeness (QED) is 0.504. The number of aliphatic hydroxyl groups is 1. The van der Waals surface area contributed by atoms with Gasteiger partial charge in [-0.3, -0.25) is 0 Å². The molecule has 0 saturated heterocycles. The number of aryl methyl sites for hydroxylation is 3. The van der Waals surface area contributed by atoms with Crippen molar-refractivity contribution in [3.8, 4) is 11.1 Å². The van der Waals surface area contributed by atoms with Gasteiger partial charge in [-0.05, 0) is 54.7 Å². The summed E-state index contributed by atoms with van der Waals surface area (Å²) in [5, 5.41) is 10.1. The molecule has 0 radical (unpaired) electrons. The second-order valence-corrected chi connectivity index (χ2v) is 7.17. The van der Waals surface area contributed by atoms with E-state index in [0.717, 1.165) is 46.4 Å². The van der Waals surface area contributed by atoms with E-state index in [4.69, 9.17) is 4.98 Å². The monoisotopic (exact) mass is 356 g/mol. The highest BCUT2D eigenvalue weighted by Gasteiger charge is 2.11. The summed E-state index contributed by atoms with van der Waals surface area (Å²) in [4.78, 5) is 8.20. The maximum absolute atomic E-state index is 10.1. The Bertz CT molecular complexity index is 1080. The van der Waals surface area contributed by atoms with Crippen LogP contribution in [0.3, 0.4) is 0 Å². The number of rotatable bonds is 5. The molecule has 3 heteroatoms. The van der Waals surface area contributed by atoms with E-state index >= 15 is 0 Å². The van der Waals surface area contributed by atoms with E-state index in [9.17, 15) is 5.11 Å². The van der Waals surface area contributed by atoms with Gasteiger partial charge >= 0.3 is 0 Å². The van der Waals surface area contributed by atoms with Gasteiger partial charge in [0.05, 0.1) is 17.1 Å². The van der Waals surface area contributed by atoms with Crippen LogP contribution >= 0.6 is 0 Å². The third-order valence-electron chi connectivity index (χ3n) is 4.99. The number of aliphatic hydroxyl groups excluding tert-OH is 1. The number of aromatic amines is 1. The lowest BCUT2D eigenvalue weighted by atomic mass is 9.96. The first-order valence-corrected chi connectivity index (χ1v) is 9.42. The topological polar surface area (TPSA) is 48.9 Å². The van der Waals surface area contributed by atoms with E-state index in [1.807, 2.05) is 18.2 Å². The molecule has 1 heterocycles. The fourth-order valence-corrected chi connectivity index (χ4v) is 3.60. The number of imidazole rings is 1. The lowest BCUT2D eigenvalue weighted by Crippen LogP contribution is -1.94. The van der Waals surface area contributed by atoms with Crippen molar-refractivity contribution in [3.05, 3.63) is 89.2 Å². The van der Waals surface area contributed by atoms with Gasteiger partial charge in [-0.1, -0.05) is 60.2 Å². The third kappa shape index (κ3) is 3.79. The third-order valence-corrected chi connectivity index (χ3v) is 4.99. The smallest absolute Gasteiger partial charge is 0.107 e. The Morgan fingerprint density at radius 2 is 1.81 bits per heavy atom. The SMILES string of the molecule is Cc1cccc(CCc2nc3ccc(-c4ccccc4C(C)O)cc3[nH]2)c1. The fourth-order valence-electron chi connectivity index (χ4n) is 3.60. The summed E-state index contributed by atoms with van der Waals surface area (Å²) in [6.45, 7) is 3.92. The summed E-state index contributed by atoms with van der Waals surface area (Å²) in [5.74, 6) is 1.01. The van der Waals surface area contributed by atoms with Crippen molar-refractivity contribution in [2.45, 2.75) is 32.8 Å². The number of fused-ring (bicyclic) bond motifs is 1. The van der Waals surface area contributed by atoms with Crippen LogP contribution in [-0.2, 0) is 12.8 Å². The Morgan fingerprint density at radius 3 is 2.63 bits per heavy atom. The van der Waals surface area contributed by atoms with E-state index in [2.05, 4.69) is 60.4 Å². The van der Waals surface area contributed by atoms with Crippen LogP contribution in [0.25, 0.3) is 22.2 Å². The van der Waals surface area contributed by atoms with Crippen molar-refractivity contribution in [1.29, 1.82) is 0 Å². The molecule has 27 heavy (non-hydrogen) atoms. The first-order valence-electron chi connectivity index (χ1n) is 9.42. The molecule has 4 aromatic rings. The van der Waals surface area contributed by atoms with E-state index in [1.165, 1.54) is 11.1 Å². The molecule has 0 fully saturated rings. The molecule has 0 aliphatic carbocycles. The second kappa shape index (κ2) is 7.37. The summed E-state index contributed by atoms with van der Waals surface area (Å²) >= 11 is 0. The molecule has 1 atom stereocenters. The molecule has 0 spiro atoms. The van der Waals surface area contributed by atoms with Crippen molar-refractivity contribution in [2.75, 3.05) is 0 Å². The minimum atomic E-state index is -0.497. The van der Waals surface area contributed by atoms with E-state index in [1.54, 1.807) is 6.92 Å². The lowest BCUT2D eigenvalue weighted by Gasteiger charge is -2.11. The van der Waals surface area contributed by atoms with Gasteiger partial charge in [-0.25, -0.2) is 4.98 Å². The summed E-state index contributed by atoms with van der Waals surface area (Å²) in [6, 6.07) is 22.9. The Kier molecular flexibility index (Phi) is 4.78. The van der Waals surface area contributed by atoms with Crippen molar-refractivity contribution >= 4 is 11.0 Å². The molecule has 0 aliphatic heterocycles. The lowest BCUT2D eigenvalue weighted by molar-refractivity contribution is 0.200. The molecular formula is C24H24N2O. The Morgan fingerprint density at radius 1 is 0.963 bits per heavy atom. The van der Waals surface area contributed by atoms with Gasteiger partial charge in [-0.15, -0.1) is 0 Å². The minimum Gasteiger partial charge on any atom is -0.389 e. The van der Waals surface area contributed by atoms with Gasteiger partial charge in [-0.2, -0.15) is 0 Å². The maximum Gasteiger partial charge on any atom is 0.107 e. The molecule has 0 aliphatic rings. The first kappa shape index (κ1) is 17.5. The predicted octanol–water partition coefficient (Wildman–Crippen LogP) is 5.38. The molecule has 3 aromatic carbocycles. The Labute approximate surface area is 159 Å². The zero-order valence-corrected chi connectivity index (χ0v) is 15.7. The number of nitrogens with zero attached hydrogens (tertiary/aromatic N) is 1. The van der Waals surface area contributed by atoms with Crippen molar-refractivity contribution < 1.29 is 5.11 Å². The van der Waals surface area contributed by atoms with Crippen LogP contribution in [0.5, 0.6) is 0 Å². The summed E-state index contributed by atoms with van der Waals surface area (Å²) in [5.41, 5.74) is 7.73. The number of hydrogen-bond acceptors (Lipinski definition) is 2. The van der Waals surface area contributed by atoms with E-state index < -0.39 is 6.10 Å². The van der Waals surface area contributed by atoms with Crippen molar-refractivity contribution in [2.24, 2.45) is 0 Å². The van der Waals surface area contributed by atoms with Crippen LogP contribution < -0.4 is 0 Å².